The van der Waals surface area contributed by atoms with Crippen LogP contribution >= 0.6 is 0 Å². The number of hydrogen-bond acceptors (Lipinski definition) is 3. The molecular weight excluding hydrogens is 184 g/mol. The zero-order chi connectivity index (χ0) is 10.3. The average Bonchev–Trinajstić information content (AvgIpc) is 2.57. The van der Waals surface area contributed by atoms with E-state index >= 15 is 0 Å². The molecule has 1 amide bonds. The van der Waals surface area contributed by atoms with Gasteiger partial charge in [-0.2, -0.15) is 0 Å². The number of amides is 1. The maximum Gasteiger partial charge on any atom is 0.329 e. The number of aliphatic carboxylic acids is 1. The molecule has 0 saturated carbocycles. The highest BCUT2D eigenvalue weighted by Crippen LogP contribution is 2.37. The molecule has 2 aliphatic rings. The molecule has 2 aliphatic heterocycles. The van der Waals surface area contributed by atoms with E-state index in [9.17, 15) is 9.59 Å². The topological polar surface area (TPSA) is 83.6 Å². The van der Waals surface area contributed by atoms with E-state index in [1.807, 2.05) is 0 Å². The van der Waals surface area contributed by atoms with Gasteiger partial charge in [0.2, 0.25) is 5.91 Å². The van der Waals surface area contributed by atoms with Crippen molar-refractivity contribution in [1.82, 2.24) is 4.90 Å². The van der Waals surface area contributed by atoms with E-state index < -0.39 is 17.6 Å². The smallest absolute Gasteiger partial charge is 0.329 e. The molecule has 2 heterocycles. The van der Waals surface area contributed by atoms with E-state index in [4.69, 9.17) is 10.8 Å². The Balaban J connectivity index is 2.33. The molecule has 2 saturated heterocycles. The molecule has 5 nitrogen and oxygen atoms in total. The van der Waals surface area contributed by atoms with Gasteiger partial charge in [-0.15, -0.1) is 0 Å². The molecule has 2 atom stereocenters. The van der Waals surface area contributed by atoms with Crippen LogP contribution in [0.3, 0.4) is 0 Å². The van der Waals surface area contributed by atoms with Gasteiger partial charge >= 0.3 is 5.97 Å². The number of carboxylic acid groups (broad SMARTS) is 1. The maximum atomic E-state index is 11.7. The minimum Gasteiger partial charge on any atom is -0.479 e. The SMILES string of the molecule is N[C@@H]1CC[C@]2(C(=O)O)CCCN2C1=O. The number of nitrogens with zero attached hydrogens (tertiary/aromatic N) is 1. The van der Waals surface area contributed by atoms with Gasteiger partial charge in [0.1, 0.15) is 5.54 Å². The lowest BCUT2D eigenvalue weighted by Crippen LogP contribution is -2.61. The summed E-state index contributed by atoms with van der Waals surface area (Å²) in [5.74, 6) is -1.08. The number of carbonyl (C=O) groups excluding carboxylic acids is 1. The molecule has 0 unspecified atom stereocenters. The summed E-state index contributed by atoms with van der Waals surface area (Å²) in [6.45, 7) is 0.541. The molecule has 0 bridgehead atoms. The summed E-state index contributed by atoms with van der Waals surface area (Å²) < 4.78 is 0. The van der Waals surface area contributed by atoms with Crippen molar-refractivity contribution >= 4 is 11.9 Å². The fourth-order valence-corrected chi connectivity index (χ4v) is 2.51. The molecule has 14 heavy (non-hydrogen) atoms. The summed E-state index contributed by atoms with van der Waals surface area (Å²) in [5.41, 5.74) is 4.67. The van der Waals surface area contributed by atoms with Gasteiger partial charge in [0, 0.05) is 6.54 Å². The Morgan fingerprint density at radius 1 is 1.57 bits per heavy atom. The monoisotopic (exact) mass is 198 g/mol. The molecule has 0 spiro atoms. The van der Waals surface area contributed by atoms with E-state index in [1.165, 1.54) is 4.90 Å². The molecule has 0 aliphatic carbocycles. The molecule has 2 rings (SSSR count). The van der Waals surface area contributed by atoms with E-state index in [2.05, 4.69) is 0 Å². The second-order valence-electron chi connectivity index (χ2n) is 4.08. The van der Waals surface area contributed by atoms with Gasteiger partial charge in [0.15, 0.2) is 0 Å². The third kappa shape index (κ3) is 1.05. The number of piperidine rings is 1. The normalized spacial score (nSPS) is 37.1. The minimum atomic E-state index is -0.938. The predicted octanol–water partition coefficient (Wildman–Crippen LogP) is -0.447. The predicted molar refractivity (Wildman–Crippen MR) is 48.5 cm³/mol. The van der Waals surface area contributed by atoms with Gasteiger partial charge in [0.25, 0.3) is 0 Å². The fourth-order valence-electron chi connectivity index (χ4n) is 2.51. The van der Waals surface area contributed by atoms with E-state index in [0.717, 1.165) is 6.42 Å². The van der Waals surface area contributed by atoms with Crippen molar-refractivity contribution in [2.24, 2.45) is 5.73 Å². The number of rotatable bonds is 1. The standard InChI is InChI=1S/C9H14N2O3/c10-6-2-4-9(8(13)14)3-1-5-11(9)7(6)12/h6H,1-5,10H2,(H,13,14)/t6-,9+/m1/s1. The lowest BCUT2D eigenvalue weighted by Gasteiger charge is -2.40. The summed E-state index contributed by atoms with van der Waals surface area (Å²) >= 11 is 0. The van der Waals surface area contributed by atoms with Crippen LogP contribution < -0.4 is 5.73 Å². The van der Waals surface area contributed by atoms with Crippen LogP contribution in [0.4, 0.5) is 0 Å². The Kier molecular flexibility index (Phi) is 1.99. The van der Waals surface area contributed by atoms with Crippen LogP contribution in [0.2, 0.25) is 0 Å². The first-order valence-corrected chi connectivity index (χ1v) is 4.88. The third-order valence-electron chi connectivity index (χ3n) is 3.34. The Hall–Kier alpha value is -1.10. The van der Waals surface area contributed by atoms with Crippen LogP contribution in [0.1, 0.15) is 25.7 Å². The largest absolute Gasteiger partial charge is 0.479 e. The van der Waals surface area contributed by atoms with Gasteiger partial charge in [-0.1, -0.05) is 0 Å². The molecule has 5 heteroatoms. The van der Waals surface area contributed by atoms with E-state index in [-0.39, 0.29) is 5.91 Å². The summed E-state index contributed by atoms with van der Waals surface area (Å²) in [6, 6.07) is -0.499. The van der Waals surface area contributed by atoms with Crippen LogP contribution in [-0.4, -0.2) is 40.0 Å². The fraction of sp³-hybridized carbons (Fsp3) is 0.778. The van der Waals surface area contributed by atoms with Crippen molar-refractivity contribution in [3.63, 3.8) is 0 Å². The van der Waals surface area contributed by atoms with Crippen molar-refractivity contribution in [3.8, 4) is 0 Å². The van der Waals surface area contributed by atoms with Gasteiger partial charge in [-0.3, -0.25) is 4.79 Å². The number of carboxylic acids is 1. The molecular formula is C9H14N2O3. The van der Waals surface area contributed by atoms with Crippen LogP contribution in [0.5, 0.6) is 0 Å². The quantitative estimate of drug-likeness (QED) is 0.598. The highest BCUT2D eigenvalue weighted by atomic mass is 16.4. The van der Waals surface area contributed by atoms with Crippen LogP contribution in [0.25, 0.3) is 0 Å². The summed E-state index contributed by atoms with van der Waals surface area (Å²) in [7, 11) is 0. The molecule has 3 N–H and O–H groups in total. The summed E-state index contributed by atoms with van der Waals surface area (Å²) in [5, 5.41) is 9.17. The molecule has 0 aromatic heterocycles. The first kappa shape index (κ1) is 9.45. The average molecular weight is 198 g/mol. The van der Waals surface area contributed by atoms with Gasteiger partial charge in [-0.05, 0) is 25.7 Å². The molecule has 0 aromatic rings. The zero-order valence-electron chi connectivity index (χ0n) is 7.90. The first-order valence-electron chi connectivity index (χ1n) is 4.88. The molecule has 0 aromatic carbocycles. The second-order valence-corrected chi connectivity index (χ2v) is 4.08. The zero-order valence-corrected chi connectivity index (χ0v) is 7.90. The first-order chi connectivity index (χ1) is 6.58. The Morgan fingerprint density at radius 3 is 2.93 bits per heavy atom. The Morgan fingerprint density at radius 2 is 2.29 bits per heavy atom. The Labute approximate surface area is 81.9 Å². The van der Waals surface area contributed by atoms with Gasteiger partial charge in [-0.25, -0.2) is 4.79 Å². The lowest BCUT2D eigenvalue weighted by molar-refractivity contribution is -0.160. The van der Waals surface area contributed by atoms with Crippen molar-refractivity contribution in [2.45, 2.75) is 37.3 Å². The Bertz CT molecular complexity index is 292. The summed E-state index contributed by atoms with van der Waals surface area (Å²) in [6.07, 6.45) is 2.32. The van der Waals surface area contributed by atoms with Crippen LogP contribution in [0.15, 0.2) is 0 Å². The summed E-state index contributed by atoms with van der Waals surface area (Å²) in [4.78, 5) is 24.3. The maximum absolute atomic E-state index is 11.7. The highest BCUT2D eigenvalue weighted by Gasteiger charge is 2.53. The molecule has 78 valence electrons. The second kappa shape index (κ2) is 2.95. The van der Waals surface area contributed by atoms with E-state index in [0.29, 0.717) is 25.8 Å². The number of fused-ring (bicyclic) bond motifs is 1. The minimum absolute atomic E-state index is 0.198. The molecule has 0 radical (unpaired) electrons. The van der Waals surface area contributed by atoms with Gasteiger partial charge in [0.05, 0.1) is 6.04 Å². The van der Waals surface area contributed by atoms with Crippen LogP contribution in [0, 0.1) is 0 Å². The van der Waals surface area contributed by atoms with Gasteiger partial charge < -0.3 is 15.7 Å². The number of carbonyl (C=O) groups is 2. The van der Waals surface area contributed by atoms with Crippen molar-refractivity contribution in [2.75, 3.05) is 6.54 Å². The number of hydrogen-bond donors (Lipinski definition) is 2. The van der Waals surface area contributed by atoms with Crippen molar-refractivity contribution in [1.29, 1.82) is 0 Å². The van der Waals surface area contributed by atoms with Crippen LogP contribution in [-0.2, 0) is 9.59 Å². The van der Waals surface area contributed by atoms with Crippen molar-refractivity contribution in [3.05, 3.63) is 0 Å². The number of nitrogens with two attached hydrogens (primary N) is 1. The molecule has 2 fully saturated rings. The van der Waals surface area contributed by atoms with E-state index in [1.54, 1.807) is 0 Å². The highest BCUT2D eigenvalue weighted by molar-refractivity contribution is 5.91. The third-order valence-corrected chi connectivity index (χ3v) is 3.34. The lowest BCUT2D eigenvalue weighted by atomic mass is 9.84. The van der Waals surface area contributed by atoms with Crippen molar-refractivity contribution < 1.29 is 14.7 Å².